The lowest BCUT2D eigenvalue weighted by Crippen LogP contribution is -2.46. The lowest BCUT2D eigenvalue weighted by Gasteiger charge is -2.38. The number of hydrogen-bond acceptors (Lipinski definition) is 4. The molecule has 20 heavy (non-hydrogen) atoms. The maximum Gasteiger partial charge on any atom is 0.271 e. The van der Waals surface area contributed by atoms with E-state index in [4.69, 9.17) is 10.7 Å². The third-order valence-electron chi connectivity index (χ3n) is 4.08. The van der Waals surface area contributed by atoms with Crippen molar-refractivity contribution in [3.63, 3.8) is 0 Å². The summed E-state index contributed by atoms with van der Waals surface area (Å²) in [6.45, 7) is 6.54. The maximum atomic E-state index is 12.6. The molecule has 0 bridgehead atoms. The molecule has 7 heteroatoms. The van der Waals surface area contributed by atoms with E-state index in [1.54, 1.807) is 12.3 Å². The number of hydrogen-bond donors (Lipinski definition) is 0. The zero-order valence-corrected chi connectivity index (χ0v) is 14.1. The van der Waals surface area contributed by atoms with Gasteiger partial charge in [0.05, 0.1) is 5.56 Å². The van der Waals surface area contributed by atoms with Crippen LogP contribution in [0.15, 0.2) is 9.59 Å². The average molecular weight is 336 g/mol. The van der Waals surface area contributed by atoms with E-state index in [1.807, 2.05) is 11.8 Å². The Hall–Kier alpha value is -0.590. The normalized spacial score (nSPS) is 23.9. The smallest absolute Gasteiger partial charge is 0.271 e. The van der Waals surface area contributed by atoms with Crippen LogP contribution in [0.1, 0.15) is 42.6 Å². The van der Waals surface area contributed by atoms with Gasteiger partial charge in [0, 0.05) is 28.6 Å². The summed E-state index contributed by atoms with van der Waals surface area (Å²) in [5, 5.41) is 1.60. The predicted octanol–water partition coefficient (Wildman–Crippen LogP) is 3.24. The van der Waals surface area contributed by atoms with Crippen molar-refractivity contribution < 1.29 is 13.2 Å². The van der Waals surface area contributed by atoms with Crippen LogP contribution in [0.4, 0.5) is 0 Å². The summed E-state index contributed by atoms with van der Waals surface area (Å²) in [4.78, 5) is 14.5. The number of nitrogens with zero attached hydrogens (tertiary/aromatic N) is 1. The molecular weight excluding hydrogens is 318 g/mol. The van der Waals surface area contributed by atoms with Crippen LogP contribution in [0.5, 0.6) is 0 Å². The van der Waals surface area contributed by atoms with Gasteiger partial charge in [-0.3, -0.25) is 4.79 Å². The Morgan fingerprint density at radius 3 is 2.65 bits per heavy atom. The second kappa shape index (κ2) is 5.66. The molecule has 1 aliphatic rings. The minimum atomic E-state index is -3.78. The number of thiophene rings is 1. The molecule has 1 aromatic heterocycles. The standard InChI is InChI=1S/C13H18ClNO3S2/c1-8-5-4-6-15(10(8)3)12(16)11-7-19-13(9(11)2)20(14,17)18/h7-8,10H,4-6H2,1-3H3. The molecule has 2 unspecified atom stereocenters. The Kier molecular flexibility index (Phi) is 4.47. The third-order valence-corrected chi connectivity index (χ3v) is 7.39. The largest absolute Gasteiger partial charge is 0.336 e. The molecule has 2 heterocycles. The number of piperidine rings is 1. The molecule has 1 aliphatic heterocycles. The first-order chi connectivity index (χ1) is 9.23. The van der Waals surface area contributed by atoms with Crippen LogP contribution < -0.4 is 0 Å². The first-order valence-electron chi connectivity index (χ1n) is 6.57. The molecule has 0 saturated carbocycles. The molecule has 4 nitrogen and oxygen atoms in total. The molecule has 0 aromatic carbocycles. The summed E-state index contributed by atoms with van der Waals surface area (Å²) >= 11 is 1.01. The first kappa shape index (κ1) is 15.8. The number of carbonyl (C=O) groups is 1. The number of rotatable bonds is 2. The molecule has 1 aromatic rings. The number of halogens is 1. The Bertz CT molecular complexity index is 624. The Morgan fingerprint density at radius 1 is 1.45 bits per heavy atom. The number of likely N-dealkylation sites (tertiary alicyclic amines) is 1. The molecule has 112 valence electrons. The van der Waals surface area contributed by atoms with E-state index in [2.05, 4.69) is 6.92 Å². The Morgan fingerprint density at radius 2 is 2.10 bits per heavy atom. The zero-order chi connectivity index (χ0) is 15.1. The second-order valence-electron chi connectivity index (χ2n) is 5.36. The Balaban J connectivity index is 2.33. The zero-order valence-electron chi connectivity index (χ0n) is 11.7. The van der Waals surface area contributed by atoms with Crippen molar-refractivity contribution in [1.29, 1.82) is 0 Å². The molecular formula is C13H18ClNO3S2. The molecule has 1 fully saturated rings. The molecule has 1 amide bonds. The van der Waals surface area contributed by atoms with E-state index in [0.717, 1.165) is 30.7 Å². The fourth-order valence-corrected chi connectivity index (χ4v) is 5.17. The molecule has 0 radical (unpaired) electrons. The van der Waals surface area contributed by atoms with E-state index in [1.165, 1.54) is 0 Å². The summed E-state index contributed by atoms with van der Waals surface area (Å²) in [6, 6.07) is 0.173. The molecule has 0 spiro atoms. The summed E-state index contributed by atoms with van der Waals surface area (Å²) in [6.07, 6.45) is 2.11. The summed E-state index contributed by atoms with van der Waals surface area (Å²) < 4.78 is 22.9. The van der Waals surface area contributed by atoms with Crippen molar-refractivity contribution in [2.24, 2.45) is 5.92 Å². The van der Waals surface area contributed by atoms with E-state index in [9.17, 15) is 13.2 Å². The second-order valence-corrected chi connectivity index (χ2v) is 9.00. The van der Waals surface area contributed by atoms with Gasteiger partial charge in [0.1, 0.15) is 4.21 Å². The lowest BCUT2D eigenvalue weighted by atomic mass is 9.91. The van der Waals surface area contributed by atoms with E-state index < -0.39 is 9.05 Å². The van der Waals surface area contributed by atoms with E-state index in [-0.39, 0.29) is 16.2 Å². The van der Waals surface area contributed by atoms with E-state index in [0.29, 0.717) is 17.0 Å². The van der Waals surface area contributed by atoms with Crippen LogP contribution in [0, 0.1) is 12.8 Å². The molecule has 2 rings (SSSR count). The van der Waals surface area contributed by atoms with Crippen LogP contribution in [0.25, 0.3) is 0 Å². The molecule has 1 saturated heterocycles. The van der Waals surface area contributed by atoms with Gasteiger partial charge < -0.3 is 4.90 Å². The maximum absolute atomic E-state index is 12.6. The Labute approximate surface area is 128 Å². The topological polar surface area (TPSA) is 54.5 Å². The van der Waals surface area contributed by atoms with Gasteiger partial charge in [-0.15, -0.1) is 11.3 Å². The minimum Gasteiger partial charge on any atom is -0.336 e. The highest BCUT2D eigenvalue weighted by molar-refractivity contribution is 8.15. The number of carbonyl (C=O) groups excluding carboxylic acids is 1. The van der Waals surface area contributed by atoms with Gasteiger partial charge in [0.15, 0.2) is 0 Å². The van der Waals surface area contributed by atoms with Crippen LogP contribution in [-0.4, -0.2) is 31.8 Å². The fraction of sp³-hybridized carbons (Fsp3) is 0.615. The highest BCUT2D eigenvalue weighted by Crippen LogP contribution is 2.32. The van der Waals surface area contributed by atoms with Gasteiger partial charge in [0.2, 0.25) is 0 Å². The van der Waals surface area contributed by atoms with Crippen molar-refractivity contribution in [3.8, 4) is 0 Å². The van der Waals surface area contributed by atoms with Crippen molar-refractivity contribution in [1.82, 2.24) is 4.90 Å². The number of amides is 1. The first-order valence-corrected chi connectivity index (χ1v) is 9.76. The summed E-state index contributed by atoms with van der Waals surface area (Å²) in [7, 11) is 1.60. The van der Waals surface area contributed by atoms with Crippen molar-refractivity contribution in [3.05, 3.63) is 16.5 Å². The minimum absolute atomic E-state index is 0.0697. The highest BCUT2D eigenvalue weighted by Gasteiger charge is 2.31. The van der Waals surface area contributed by atoms with Crippen LogP contribution in [0.2, 0.25) is 0 Å². The molecule has 0 aliphatic carbocycles. The monoisotopic (exact) mass is 335 g/mol. The SMILES string of the molecule is Cc1c(C(=O)N2CCCC(C)C2C)csc1S(=O)(=O)Cl. The van der Waals surface area contributed by atoms with Crippen molar-refractivity contribution in [2.75, 3.05) is 6.54 Å². The van der Waals surface area contributed by atoms with Gasteiger partial charge in [-0.2, -0.15) is 0 Å². The van der Waals surface area contributed by atoms with Gasteiger partial charge in [-0.25, -0.2) is 8.42 Å². The highest BCUT2D eigenvalue weighted by atomic mass is 35.7. The van der Waals surface area contributed by atoms with E-state index >= 15 is 0 Å². The van der Waals surface area contributed by atoms with Gasteiger partial charge >= 0.3 is 0 Å². The quantitative estimate of drug-likeness (QED) is 0.779. The average Bonchev–Trinajstić information content (AvgIpc) is 2.73. The van der Waals surface area contributed by atoms with Crippen LogP contribution in [-0.2, 0) is 9.05 Å². The van der Waals surface area contributed by atoms with Gasteiger partial charge in [-0.1, -0.05) is 6.92 Å². The summed E-state index contributed by atoms with van der Waals surface area (Å²) in [5.41, 5.74) is 0.913. The summed E-state index contributed by atoms with van der Waals surface area (Å²) in [5.74, 6) is 0.368. The predicted molar refractivity (Wildman–Crippen MR) is 81.0 cm³/mol. The van der Waals surface area contributed by atoms with Gasteiger partial charge in [-0.05, 0) is 38.2 Å². The van der Waals surface area contributed by atoms with Crippen molar-refractivity contribution in [2.45, 2.75) is 43.9 Å². The van der Waals surface area contributed by atoms with Crippen molar-refractivity contribution >= 4 is 37.0 Å². The van der Waals surface area contributed by atoms with Crippen LogP contribution >= 0.6 is 22.0 Å². The molecule has 2 atom stereocenters. The third kappa shape index (κ3) is 2.87. The van der Waals surface area contributed by atoms with Gasteiger partial charge in [0.25, 0.3) is 15.0 Å². The molecule has 0 N–H and O–H groups in total. The lowest BCUT2D eigenvalue weighted by molar-refractivity contribution is 0.0550. The fourth-order valence-electron chi connectivity index (χ4n) is 2.63. The van der Waals surface area contributed by atoms with Crippen LogP contribution in [0.3, 0.4) is 0 Å².